The lowest BCUT2D eigenvalue weighted by molar-refractivity contribution is -0.140. The van der Waals surface area contributed by atoms with Crippen LogP contribution in [0.2, 0.25) is 0 Å². The Balaban J connectivity index is 1.24. The summed E-state index contributed by atoms with van der Waals surface area (Å²) in [4.78, 5) is 12.7. The molecule has 166 valence electrons. The second-order valence-electron chi connectivity index (χ2n) is 9.58. The van der Waals surface area contributed by atoms with Crippen LogP contribution < -0.4 is 4.74 Å². The van der Waals surface area contributed by atoms with E-state index in [1.54, 1.807) is 24.3 Å². The van der Waals surface area contributed by atoms with E-state index in [0.717, 1.165) is 48.8 Å². The lowest BCUT2D eigenvalue weighted by Crippen LogP contribution is -2.30. The van der Waals surface area contributed by atoms with Gasteiger partial charge >= 0.3 is 5.97 Å². The molecule has 2 aliphatic carbocycles. The third-order valence-electron chi connectivity index (χ3n) is 7.66. The molecule has 2 fully saturated rings. The van der Waals surface area contributed by atoms with Gasteiger partial charge in [0.2, 0.25) is 0 Å². The average Bonchev–Trinajstić information content (AvgIpc) is 2.80. The second kappa shape index (κ2) is 10.4. The van der Waals surface area contributed by atoms with E-state index in [-0.39, 0.29) is 17.7 Å². The van der Waals surface area contributed by atoms with E-state index >= 15 is 0 Å². The van der Waals surface area contributed by atoms with Crippen LogP contribution >= 0.6 is 0 Å². The zero-order valence-corrected chi connectivity index (χ0v) is 18.7. The van der Waals surface area contributed by atoms with E-state index in [1.807, 2.05) is 6.07 Å². The van der Waals surface area contributed by atoms with Crippen LogP contribution in [0.5, 0.6) is 5.75 Å². The molecule has 0 amide bonds. The fourth-order valence-electron chi connectivity index (χ4n) is 5.76. The van der Waals surface area contributed by atoms with Gasteiger partial charge in [0.15, 0.2) is 0 Å². The van der Waals surface area contributed by atoms with Gasteiger partial charge in [-0.2, -0.15) is 0 Å². The van der Waals surface area contributed by atoms with Crippen LogP contribution in [0.1, 0.15) is 71.1 Å². The van der Waals surface area contributed by atoms with Crippen molar-refractivity contribution in [2.24, 2.45) is 23.7 Å². The Kier molecular flexibility index (Phi) is 7.42. The molecular weight excluding hydrogens is 387 g/mol. The Labute approximate surface area is 185 Å². The van der Waals surface area contributed by atoms with Gasteiger partial charge in [0.1, 0.15) is 11.6 Å². The van der Waals surface area contributed by atoms with Crippen LogP contribution in [0.25, 0.3) is 10.8 Å². The molecule has 0 bridgehead atoms. The maximum atomic E-state index is 13.8. The monoisotopic (exact) mass is 422 g/mol. The molecule has 2 aromatic rings. The summed E-state index contributed by atoms with van der Waals surface area (Å²) < 4.78 is 19.5. The number of hydrogen-bond acceptors (Lipinski definition) is 2. The van der Waals surface area contributed by atoms with E-state index in [9.17, 15) is 9.18 Å². The Hall–Kier alpha value is -2.16. The molecule has 2 saturated carbocycles. The standard InChI is InChI=1S/C28H35FO2/c1-2-3-4-6-20-9-11-21(12-10-20)22-13-15-23(16-14-22)28(30)31-25-17-18-26-24(19-25)7-5-8-27(26)29/h2-3,5,7-8,17-23H,4,6,9-16H2,1H3/b3-2+. The van der Waals surface area contributed by atoms with Crippen molar-refractivity contribution in [1.29, 1.82) is 0 Å². The Morgan fingerprint density at radius 3 is 2.42 bits per heavy atom. The van der Waals surface area contributed by atoms with Crippen molar-refractivity contribution in [3.8, 4) is 5.75 Å². The highest BCUT2D eigenvalue weighted by Crippen LogP contribution is 2.42. The van der Waals surface area contributed by atoms with Gasteiger partial charge < -0.3 is 4.74 Å². The smallest absolute Gasteiger partial charge is 0.314 e. The third kappa shape index (κ3) is 5.56. The van der Waals surface area contributed by atoms with Gasteiger partial charge in [-0.05, 0) is 106 Å². The van der Waals surface area contributed by atoms with Crippen LogP contribution in [0.15, 0.2) is 48.6 Å². The number of benzene rings is 2. The van der Waals surface area contributed by atoms with Crippen LogP contribution in [0.3, 0.4) is 0 Å². The number of rotatable bonds is 6. The summed E-state index contributed by atoms with van der Waals surface area (Å²) in [5, 5.41) is 1.31. The van der Waals surface area contributed by atoms with Crippen LogP contribution in [-0.4, -0.2) is 5.97 Å². The summed E-state index contributed by atoms with van der Waals surface area (Å²) in [5.74, 6) is 2.68. The normalized spacial score (nSPS) is 26.9. The minimum absolute atomic E-state index is 0.00312. The molecule has 31 heavy (non-hydrogen) atoms. The highest BCUT2D eigenvalue weighted by Gasteiger charge is 2.33. The van der Waals surface area contributed by atoms with Crippen molar-refractivity contribution in [1.82, 2.24) is 0 Å². The topological polar surface area (TPSA) is 26.3 Å². The summed E-state index contributed by atoms with van der Waals surface area (Å²) in [6.45, 7) is 2.10. The van der Waals surface area contributed by atoms with Gasteiger partial charge in [-0.15, -0.1) is 0 Å². The highest BCUT2D eigenvalue weighted by atomic mass is 19.1. The van der Waals surface area contributed by atoms with Gasteiger partial charge in [-0.1, -0.05) is 37.1 Å². The number of allylic oxidation sites excluding steroid dienone is 2. The Bertz CT molecular complexity index is 902. The van der Waals surface area contributed by atoms with E-state index < -0.39 is 0 Å². The number of carbonyl (C=O) groups is 1. The zero-order chi connectivity index (χ0) is 21.6. The number of carbonyl (C=O) groups excluding carboxylic acids is 1. The first-order valence-electron chi connectivity index (χ1n) is 12.1. The molecule has 2 nitrogen and oxygen atoms in total. The first-order valence-corrected chi connectivity index (χ1v) is 12.1. The summed E-state index contributed by atoms with van der Waals surface area (Å²) in [6, 6.07) is 10.1. The minimum Gasteiger partial charge on any atom is -0.426 e. The molecule has 0 aromatic heterocycles. The third-order valence-corrected chi connectivity index (χ3v) is 7.66. The maximum Gasteiger partial charge on any atom is 0.314 e. The quantitative estimate of drug-likeness (QED) is 0.269. The van der Waals surface area contributed by atoms with Crippen molar-refractivity contribution >= 4 is 16.7 Å². The fourth-order valence-corrected chi connectivity index (χ4v) is 5.76. The number of halogens is 1. The zero-order valence-electron chi connectivity index (χ0n) is 18.7. The van der Waals surface area contributed by atoms with E-state index in [0.29, 0.717) is 11.1 Å². The molecule has 3 heteroatoms. The minimum atomic E-state index is -0.250. The molecule has 2 aromatic carbocycles. The van der Waals surface area contributed by atoms with Gasteiger partial charge in [-0.3, -0.25) is 4.79 Å². The van der Waals surface area contributed by atoms with Crippen molar-refractivity contribution in [2.75, 3.05) is 0 Å². The highest BCUT2D eigenvalue weighted by molar-refractivity contribution is 5.85. The first kappa shape index (κ1) is 22.0. The Morgan fingerprint density at radius 1 is 1.00 bits per heavy atom. The van der Waals surface area contributed by atoms with Gasteiger partial charge in [0, 0.05) is 5.39 Å². The van der Waals surface area contributed by atoms with E-state index in [1.165, 1.54) is 44.6 Å². The summed E-state index contributed by atoms with van der Waals surface area (Å²) >= 11 is 0. The maximum absolute atomic E-state index is 13.8. The van der Waals surface area contributed by atoms with Gasteiger partial charge in [0.25, 0.3) is 0 Å². The fraction of sp³-hybridized carbons (Fsp3) is 0.536. The van der Waals surface area contributed by atoms with Gasteiger partial charge in [0.05, 0.1) is 5.92 Å². The van der Waals surface area contributed by atoms with Crippen molar-refractivity contribution in [2.45, 2.75) is 71.1 Å². The molecule has 4 rings (SSSR count). The van der Waals surface area contributed by atoms with Crippen LogP contribution in [0, 0.1) is 29.5 Å². The Morgan fingerprint density at radius 2 is 1.71 bits per heavy atom. The SMILES string of the molecule is C/C=C/CCC1CCC(C2CCC(C(=O)Oc3ccc4c(F)cccc4c3)CC2)CC1. The van der Waals surface area contributed by atoms with E-state index in [4.69, 9.17) is 4.74 Å². The average molecular weight is 423 g/mol. The van der Waals surface area contributed by atoms with Gasteiger partial charge in [-0.25, -0.2) is 4.39 Å². The lowest BCUT2D eigenvalue weighted by atomic mass is 9.68. The van der Waals surface area contributed by atoms with Crippen molar-refractivity contribution in [3.05, 3.63) is 54.4 Å². The predicted molar refractivity (Wildman–Crippen MR) is 124 cm³/mol. The molecular formula is C28H35FO2. The molecule has 0 N–H and O–H groups in total. The molecule has 0 saturated heterocycles. The summed E-state index contributed by atoms with van der Waals surface area (Å²) in [7, 11) is 0. The van der Waals surface area contributed by atoms with Crippen LogP contribution in [-0.2, 0) is 4.79 Å². The molecule has 0 unspecified atom stereocenters. The van der Waals surface area contributed by atoms with Crippen LogP contribution in [0.4, 0.5) is 4.39 Å². The van der Waals surface area contributed by atoms with Crippen molar-refractivity contribution < 1.29 is 13.9 Å². The second-order valence-corrected chi connectivity index (χ2v) is 9.58. The first-order chi connectivity index (χ1) is 15.1. The summed E-state index contributed by atoms with van der Waals surface area (Å²) in [5.41, 5.74) is 0. The number of esters is 1. The molecule has 2 aliphatic rings. The predicted octanol–water partition coefficient (Wildman–Crippen LogP) is 7.85. The van der Waals surface area contributed by atoms with Crippen molar-refractivity contribution in [3.63, 3.8) is 0 Å². The molecule has 0 atom stereocenters. The number of hydrogen-bond donors (Lipinski definition) is 0. The number of ether oxygens (including phenoxy) is 1. The molecule has 0 radical (unpaired) electrons. The molecule has 0 aliphatic heterocycles. The largest absolute Gasteiger partial charge is 0.426 e. The lowest BCUT2D eigenvalue weighted by Gasteiger charge is -2.37. The van der Waals surface area contributed by atoms with E-state index in [2.05, 4.69) is 19.1 Å². The summed E-state index contributed by atoms with van der Waals surface area (Å²) in [6.07, 6.45) is 16.7. The number of fused-ring (bicyclic) bond motifs is 1. The molecule has 0 spiro atoms. The molecule has 0 heterocycles.